The summed E-state index contributed by atoms with van der Waals surface area (Å²) in [5.41, 5.74) is 0.336. The second-order valence-corrected chi connectivity index (χ2v) is 7.28. The number of hydrogen-bond acceptors (Lipinski definition) is 6. The summed E-state index contributed by atoms with van der Waals surface area (Å²) < 4.78 is 26.4. The molecule has 0 radical (unpaired) electrons. The third-order valence-corrected chi connectivity index (χ3v) is 5.78. The van der Waals surface area contributed by atoms with Crippen molar-refractivity contribution in [3.05, 3.63) is 58.1 Å². The van der Waals surface area contributed by atoms with Crippen molar-refractivity contribution in [1.82, 2.24) is 4.31 Å². The topological polar surface area (TPSA) is 113 Å². The van der Waals surface area contributed by atoms with Crippen LogP contribution in [0, 0.1) is 10.1 Å². The predicted octanol–water partition coefficient (Wildman–Crippen LogP) is 3.08. The van der Waals surface area contributed by atoms with Gasteiger partial charge in [-0.25, -0.2) is 8.42 Å². The number of nitrogens with zero attached hydrogens (tertiary/aromatic N) is 3. The van der Waals surface area contributed by atoms with Crippen LogP contribution in [0.1, 0.15) is 19.4 Å². The number of rotatable bonds is 7. The maximum atomic E-state index is 12.6. The zero-order valence-electron chi connectivity index (χ0n) is 14.4. The van der Waals surface area contributed by atoms with Crippen molar-refractivity contribution in [2.24, 2.45) is 4.99 Å². The molecule has 0 amide bonds. The van der Waals surface area contributed by atoms with Crippen LogP contribution >= 0.6 is 0 Å². The second-order valence-electron chi connectivity index (χ2n) is 5.35. The van der Waals surface area contributed by atoms with Crippen molar-refractivity contribution in [3.8, 4) is 5.75 Å². The first kappa shape index (κ1) is 19.5. The van der Waals surface area contributed by atoms with E-state index in [1.54, 1.807) is 26.0 Å². The summed E-state index contributed by atoms with van der Waals surface area (Å²) in [5.74, 6) is -0.161. The number of non-ortho nitro benzene ring substituents is 1. The SMILES string of the molecule is CCN(CC)S(=O)(=O)c1cccc(N=Cc2cc([N+](=O)[O-])ccc2O)c1. The molecule has 0 spiro atoms. The zero-order valence-corrected chi connectivity index (χ0v) is 15.2. The number of hydrogen-bond donors (Lipinski definition) is 1. The maximum Gasteiger partial charge on any atom is 0.270 e. The van der Waals surface area contributed by atoms with E-state index in [9.17, 15) is 23.6 Å². The van der Waals surface area contributed by atoms with E-state index in [0.29, 0.717) is 18.8 Å². The molecule has 0 unspecified atom stereocenters. The van der Waals surface area contributed by atoms with Gasteiger partial charge >= 0.3 is 0 Å². The summed E-state index contributed by atoms with van der Waals surface area (Å²) in [6.45, 7) is 4.23. The third-order valence-electron chi connectivity index (χ3n) is 3.74. The number of nitro benzene ring substituents is 1. The molecule has 8 nitrogen and oxygen atoms in total. The van der Waals surface area contributed by atoms with Crippen molar-refractivity contribution in [2.45, 2.75) is 18.7 Å². The van der Waals surface area contributed by atoms with Gasteiger partial charge in [-0.2, -0.15) is 4.31 Å². The van der Waals surface area contributed by atoms with Gasteiger partial charge < -0.3 is 5.11 Å². The summed E-state index contributed by atoms with van der Waals surface area (Å²) in [7, 11) is -3.61. The van der Waals surface area contributed by atoms with Gasteiger partial charge in [0.2, 0.25) is 10.0 Å². The standard InChI is InChI=1S/C17H19N3O5S/c1-3-19(4-2)26(24,25)16-7-5-6-14(11-16)18-12-13-10-15(20(22)23)8-9-17(13)21/h5-12,21H,3-4H2,1-2H3. The minimum atomic E-state index is -3.61. The highest BCUT2D eigenvalue weighted by molar-refractivity contribution is 7.89. The first-order valence-corrected chi connectivity index (χ1v) is 9.35. The maximum absolute atomic E-state index is 12.6. The van der Waals surface area contributed by atoms with E-state index >= 15 is 0 Å². The normalized spacial score (nSPS) is 12.0. The molecule has 1 N–H and O–H groups in total. The van der Waals surface area contributed by atoms with Crippen LogP contribution in [0.15, 0.2) is 52.4 Å². The van der Waals surface area contributed by atoms with Gasteiger partial charge in [-0.1, -0.05) is 19.9 Å². The summed E-state index contributed by atoms with van der Waals surface area (Å²) >= 11 is 0. The van der Waals surface area contributed by atoms with E-state index in [-0.39, 0.29) is 21.9 Å². The lowest BCUT2D eigenvalue weighted by atomic mass is 10.2. The average molecular weight is 377 g/mol. The zero-order chi connectivity index (χ0) is 19.3. The molecule has 0 aromatic heterocycles. The molecule has 0 fully saturated rings. The van der Waals surface area contributed by atoms with Gasteiger partial charge in [0, 0.05) is 37.0 Å². The second kappa shape index (κ2) is 8.07. The first-order chi connectivity index (χ1) is 12.3. The van der Waals surface area contributed by atoms with Crippen molar-refractivity contribution < 1.29 is 18.4 Å². The minimum absolute atomic E-state index is 0.110. The third kappa shape index (κ3) is 4.24. The Morgan fingerprint density at radius 1 is 1.19 bits per heavy atom. The van der Waals surface area contributed by atoms with Crippen LogP contribution in [-0.2, 0) is 10.0 Å². The lowest BCUT2D eigenvalue weighted by molar-refractivity contribution is -0.384. The van der Waals surface area contributed by atoms with Crippen molar-refractivity contribution in [1.29, 1.82) is 0 Å². The number of phenolic OH excluding ortho intramolecular Hbond substituents is 1. The summed E-state index contributed by atoms with van der Waals surface area (Å²) in [6, 6.07) is 9.65. The summed E-state index contributed by atoms with van der Waals surface area (Å²) in [6.07, 6.45) is 1.26. The minimum Gasteiger partial charge on any atom is -0.507 e. The molecule has 2 rings (SSSR count). The van der Waals surface area contributed by atoms with Crippen LogP contribution in [0.3, 0.4) is 0 Å². The molecule has 0 atom stereocenters. The van der Waals surface area contributed by atoms with Crippen molar-refractivity contribution in [3.63, 3.8) is 0 Å². The Labute approximate surface area is 151 Å². The lowest BCUT2D eigenvalue weighted by Gasteiger charge is -2.18. The van der Waals surface area contributed by atoms with Gasteiger partial charge in [-0.15, -0.1) is 0 Å². The van der Waals surface area contributed by atoms with Gasteiger partial charge in [-0.05, 0) is 24.3 Å². The van der Waals surface area contributed by atoms with Crippen molar-refractivity contribution in [2.75, 3.05) is 13.1 Å². The fourth-order valence-corrected chi connectivity index (χ4v) is 3.84. The summed E-state index contributed by atoms with van der Waals surface area (Å²) in [4.78, 5) is 14.5. The molecule has 0 saturated carbocycles. The Kier molecular flexibility index (Phi) is 6.06. The van der Waals surface area contributed by atoms with Crippen LogP contribution in [0.4, 0.5) is 11.4 Å². The van der Waals surface area contributed by atoms with E-state index in [1.165, 1.54) is 40.9 Å². The van der Waals surface area contributed by atoms with E-state index in [1.807, 2.05) is 0 Å². The first-order valence-electron chi connectivity index (χ1n) is 7.91. The fraction of sp³-hybridized carbons (Fsp3) is 0.235. The number of aromatic hydroxyl groups is 1. The average Bonchev–Trinajstić information content (AvgIpc) is 2.62. The Hall–Kier alpha value is -2.78. The van der Waals surface area contributed by atoms with E-state index in [2.05, 4.69) is 4.99 Å². The molecule has 0 aliphatic carbocycles. The largest absolute Gasteiger partial charge is 0.507 e. The van der Waals surface area contributed by atoms with Gasteiger partial charge in [-0.3, -0.25) is 15.1 Å². The monoisotopic (exact) mass is 377 g/mol. The Morgan fingerprint density at radius 3 is 2.50 bits per heavy atom. The van der Waals surface area contributed by atoms with Crippen LogP contribution in [0.5, 0.6) is 5.75 Å². The molecule has 0 aliphatic rings. The molecule has 0 aliphatic heterocycles. The molecule has 26 heavy (non-hydrogen) atoms. The Morgan fingerprint density at radius 2 is 1.88 bits per heavy atom. The molecule has 0 heterocycles. The fourth-order valence-electron chi connectivity index (χ4n) is 2.34. The van der Waals surface area contributed by atoms with Crippen molar-refractivity contribution >= 4 is 27.6 Å². The number of aliphatic imine (C=N–C) groups is 1. The Balaban J connectivity index is 2.36. The quantitative estimate of drug-likeness (QED) is 0.452. The van der Waals surface area contributed by atoms with Gasteiger partial charge in [0.15, 0.2) is 0 Å². The predicted molar refractivity (Wildman–Crippen MR) is 98.6 cm³/mol. The number of phenols is 1. The van der Waals surface area contributed by atoms with Gasteiger partial charge in [0.1, 0.15) is 5.75 Å². The molecule has 138 valence electrons. The molecular weight excluding hydrogens is 358 g/mol. The Bertz CT molecular complexity index is 937. The lowest BCUT2D eigenvalue weighted by Crippen LogP contribution is -2.30. The smallest absolute Gasteiger partial charge is 0.270 e. The van der Waals surface area contributed by atoms with Gasteiger partial charge in [0.25, 0.3) is 5.69 Å². The van der Waals surface area contributed by atoms with E-state index < -0.39 is 14.9 Å². The number of nitro groups is 1. The van der Waals surface area contributed by atoms with Crippen LogP contribution in [0.2, 0.25) is 0 Å². The summed E-state index contributed by atoms with van der Waals surface area (Å²) in [5, 5.41) is 20.6. The molecule has 0 saturated heterocycles. The molecule has 9 heteroatoms. The highest BCUT2D eigenvalue weighted by Gasteiger charge is 2.21. The van der Waals surface area contributed by atoms with Crippen LogP contribution < -0.4 is 0 Å². The molecule has 2 aromatic carbocycles. The van der Waals surface area contributed by atoms with E-state index in [0.717, 1.165) is 0 Å². The molecule has 2 aromatic rings. The van der Waals surface area contributed by atoms with Gasteiger partial charge in [0.05, 0.1) is 15.5 Å². The molecule has 0 bridgehead atoms. The van der Waals surface area contributed by atoms with Crippen LogP contribution in [-0.4, -0.2) is 42.1 Å². The molecular formula is C17H19N3O5S. The number of benzene rings is 2. The van der Waals surface area contributed by atoms with E-state index in [4.69, 9.17) is 0 Å². The highest BCUT2D eigenvalue weighted by Crippen LogP contribution is 2.24. The number of sulfonamides is 1. The highest BCUT2D eigenvalue weighted by atomic mass is 32.2. The van der Waals surface area contributed by atoms with Crippen LogP contribution in [0.25, 0.3) is 0 Å².